The molecule has 2 aromatic carbocycles. The Balaban J connectivity index is 1.62. The maximum Gasteiger partial charge on any atom is 0.415 e. The summed E-state index contributed by atoms with van der Waals surface area (Å²) < 4.78 is 8.54. The van der Waals surface area contributed by atoms with Gasteiger partial charge in [0.2, 0.25) is 0 Å². The van der Waals surface area contributed by atoms with Gasteiger partial charge in [0.25, 0.3) is 0 Å². The number of aromatic nitrogens is 4. The lowest BCUT2D eigenvalue weighted by molar-refractivity contribution is 0.0588. The van der Waals surface area contributed by atoms with Gasteiger partial charge in [-0.25, -0.2) is 14.8 Å². The molecule has 5 rings (SSSR count). The second-order valence-corrected chi connectivity index (χ2v) is 10.5. The smallest absolute Gasteiger partial charge is 0.415 e. The van der Waals surface area contributed by atoms with Crippen LogP contribution < -0.4 is 4.90 Å². The van der Waals surface area contributed by atoms with Crippen molar-refractivity contribution in [1.29, 1.82) is 0 Å². The van der Waals surface area contributed by atoms with E-state index in [4.69, 9.17) is 9.72 Å². The van der Waals surface area contributed by atoms with Crippen LogP contribution in [-0.4, -0.2) is 38.3 Å². The standard InChI is InChI=1S/C27H26BrN5O2/c1-27(2,3)35-26(34)33(5)25-22-23(32(4)15-29-22)20-14-21(30-24(20)31-25)18-10-6-8-16(12-18)17-9-7-11-19(28)13-17/h6-15H,1-5H3,(H,30,31). The maximum atomic E-state index is 12.8. The van der Waals surface area contributed by atoms with Crippen LogP contribution in [0.2, 0.25) is 0 Å². The molecule has 3 aromatic heterocycles. The average Bonchev–Trinajstić information content (AvgIpc) is 3.40. The van der Waals surface area contributed by atoms with E-state index in [2.05, 4.69) is 62.3 Å². The first-order valence-electron chi connectivity index (χ1n) is 11.3. The van der Waals surface area contributed by atoms with Gasteiger partial charge in [0.15, 0.2) is 5.82 Å². The number of hydrogen-bond donors (Lipinski definition) is 1. The molecule has 5 aromatic rings. The lowest BCUT2D eigenvalue weighted by Crippen LogP contribution is -2.34. The summed E-state index contributed by atoms with van der Waals surface area (Å²) in [6, 6.07) is 18.7. The number of hydrogen-bond acceptors (Lipinski definition) is 4. The Kier molecular flexibility index (Phi) is 5.63. The zero-order valence-electron chi connectivity index (χ0n) is 20.3. The molecule has 35 heavy (non-hydrogen) atoms. The zero-order chi connectivity index (χ0) is 24.9. The quantitative estimate of drug-likeness (QED) is 0.274. The van der Waals surface area contributed by atoms with Gasteiger partial charge in [-0.15, -0.1) is 0 Å². The van der Waals surface area contributed by atoms with Crippen molar-refractivity contribution in [2.24, 2.45) is 7.05 Å². The Morgan fingerprint density at radius 3 is 2.46 bits per heavy atom. The van der Waals surface area contributed by atoms with Crippen LogP contribution in [0.15, 0.2) is 65.4 Å². The normalized spacial score (nSPS) is 11.8. The number of aryl methyl sites for hydroxylation is 1. The van der Waals surface area contributed by atoms with Crippen molar-refractivity contribution in [1.82, 2.24) is 19.5 Å². The maximum absolute atomic E-state index is 12.8. The fraction of sp³-hybridized carbons (Fsp3) is 0.222. The van der Waals surface area contributed by atoms with Gasteiger partial charge < -0.3 is 14.3 Å². The number of amides is 1. The van der Waals surface area contributed by atoms with Crippen molar-refractivity contribution < 1.29 is 9.53 Å². The highest BCUT2D eigenvalue weighted by molar-refractivity contribution is 9.10. The number of halogens is 1. The molecule has 0 spiro atoms. The monoisotopic (exact) mass is 531 g/mol. The van der Waals surface area contributed by atoms with Crippen molar-refractivity contribution >= 4 is 49.9 Å². The average molecular weight is 532 g/mol. The Hall–Kier alpha value is -3.65. The van der Waals surface area contributed by atoms with Crippen LogP contribution in [0.25, 0.3) is 44.5 Å². The van der Waals surface area contributed by atoms with E-state index in [0.29, 0.717) is 17.0 Å². The number of anilines is 1. The van der Waals surface area contributed by atoms with Gasteiger partial charge in [-0.05, 0) is 61.7 Å². The van der Waals surface area contributed by atoms with E-state index in [0.717, 1.165) is 37.8 Å². The fourth-order valence-electron chi connectivity index (χ4n) is 4.12. The summed E-state index contributed by atoms with van der Waals surface area (Å²) in [6.45, 7) is 5.52. The Bertz CT molecular complexity index is 1580. The molecule has 0 bridgehead atoms. The Morgan fingerprint density at radius 1 is 1.06 bits per heavy atom. The van der Waals surface area contributed by atoms with Crippen LogP contribution in [0.5, 0.6) is 0 Å². The number of benzene rings is 2. The number of imidazole rings is 1. The molecule has 0 atom stereocenters. The van der Waals surface area contributed by atoms with Gasteiger partial charge >= 0.3 is 6.09 Å². The predicted molar refractivity (Wildman–Crippen MR) is 144 cm³/mol. The highest BCUT2D eigenvalue weighted by atomic mass is 79.9. The van der Waals surface area contributed by atoms with Gasteiger partial charge in [-0.3, -0.25) is 4.90 Å². The van der Waals surface area contributed by atoms with E-state index in [1.54, 1.807) is 13.4 Å². The minimum atomic E-state index is -0.613. The number of aromatic amines is 1. The van der Waals surface area contributed by atoms with E-state index in [1.165, 1.54) is 4.90 Å². The van der Waals surface area contributed by atoms with Crippen molar-refractivity contribution in [3.63, 3.8) is 0 Å². The van der Waals surface area contributed by atoms with E-state index in [9.17, 15) is 4.79 Å². The van der Waals surface area contributed by atoms with Gasteiger partial charge in [-0.1, -0.05) is 46.3 Å². The third kappa shape index (κ3) is 4.41. The first-order chi connectivity index (χ1) is 16.6. The summed E-state index contributed by atoms with van der Waals surface area (Å²) in [5.41, 5.74) is 5.82. The van der Waals surface area contributed by atoms with Crippen molar-refractivity contribution in [3.05, 3.63) is 65.4 Å². The van der Waals surface area contributed by atoms with Crippen LogP contribution in [0, 0.1) is 0 Å². The number of H-pyrrole nitrogens is 1. The van der Waals surface area contributed by atoms with Gasteiger partial charge in [0.05, 0.1) is 11.8 Å². The Labute approximate surface area is 211 Å². The molecule has 0 unspecified atom stereocenters. The second-order valence-electron chi connectivity index (χ2n) is 9.56. The van der Waals surface area contributed by atoms with Crippen LogP contribution in [0.1, 0.15) is 20.8 Å². The molecule has 3 heterocycles. The van der Waals surface area contributed by atoms with Gasteiger partial charge in [-0.2, -0.15) is 0 Å². The summed E-state index contributed by atoms with van der Waals surface area (Å²) in [6.07, 6.45) is 1.25. The highest BCUT2D eigenvalue weighted by Crippen LogP contribution is 2.34. The molecule has 1 amide bonds. The molecule has 0 saturated carbocycles. The van der Waals surface area contributed by atoms with Gasteiger partial charge in [0.1, 0.15) is 16.8 Å². The largest absolute Gasteiger partial charge is 0.443 e. The van der Waals surface area contributed by atoms with Crippen LogP contribution in [0.4, 0.5) is 10.6 Å². The molecule has 7 nitrogen and oxygen atoms in total. The predicted octanol–water partition coefficient (Wildman–Crippen LogP) is 6.92. The van der Waals surface area contributed by atoms with E-state index in [-0.39, 0.29) is 0 Å². The summed E-state index contributed by atoms with van der Waals surface area (Å²) in [7, 11) is 3.59. The summed E-state index contributed by atoms with van der Waals surface area (Å²) >= 11 is 3.56. The molecular weight excluding hydrogens is 506 g/mol. The number of ether oxygens (including phenoxy) is 1. The number of carbonyl (C=O) groups is 1. The molecule has 0 aliphatic heterocycles. The number of pyridine rings is 1. The van der Waals surface area contributed by atoms with Crippen LogP contribution in [-0.2, 0) is 11.8 Å². The number of nitrogens with one attached hydrogen (secondary N) is 1. The number of nitrogens with zero attached hydrogens (tertiary/aromatic N) is 4. The summed E-state index contributed by atoms with van der Waals surface area (Å²) in [5, 5.41) is 0.934. The molecule has 178 valence electrons. The molecule has 8 heteroatoms. The molecule has 1 N–H and O–H groups in total. The molecule has 0 saturated heterocycles. The topological polar surface area (TPSA) is 76.0 Å². The van der Waals surface area contributed by atoms with Crippen molar-refractivity contribution in [2.45, 2.75) is 26.4 Å². The summed E-state index contributed by atoms with van der Waals surface area (Å²) in [5.74, 6) is 0.443. The third-order valence-electron chi connectivity index (χ3n) is 5.74. The van der Waals surface area contributed by atoms with Crippen molar-refractivity contribution in [3.8, 4) is 22.4 Å². The van der Waals surface area contributed by atoms with E-state index < -0.39 is 11.7 Å². The SMILES string of the molecule is CN(C(=O)OC(C)(C)C)c1nc2[nH]c(-c3cccc(-c4cccc(Br)c4)c3)cc2c2c1ncn2C. The minimum Gasteiger partial charge on any atom is -0.443 e. The molecule has 0 fully saturated rings. The first kappa shape index (κ1) is 23.1. The number of rotatable bonds is 3. The molecule has 0 aliphatic rings. The minimum absolute atomic E-state index is 0.443. The van der Waals surface area contributed by atoms with Crippen LogP contribution in [0.3, 0.4) is 0 Å². The van der Waals surface area contributed by atoms with Gasteiger partial charge in [0, 0.05) is 29.6 Å². The molecule has 0 aliphatic carbocycles. The zero-order valence-corrected chi connectivity index (χ0v) is 21.8. The summed E-state index contributed by atoms with van der Waals surface area (Å²) in [4.78, 5) is 27.0. The highest BCUT2D eigenvalue weighted by Gasteiger charge is 2.25. The van der Waals surface area contributed by atoms with E-state index >= 15 is 0 Å². The number of carbonyl (C=O) groups excluding carboxylic acids is 1. The second kappa shape index (κ2) is 8.53. The Morgan fingerprint density at radius 2 is 1.74 bits per heavy atom. The number of fused-ring (bicyclic) bond motifs is 3. The van der Waals surface area contributed by atoms with E-state index in [1.807, 2.05) is 50.6 Å². The third-order valence-corrected chi connectivity index (χ3v) is 6.23. The molecular formula is C27H26BrN5O2. The lowest BCUT2D eigenvalue weighted by atomic mass is 10.0. The van der Waals surface area contributed by atoms with Crippen molar-refractivity contribution in [2.75, 3.05) is 11.9 Å². The molecule has 0 radical (unpaired) electrons. The van der Waals surface area contributed by atoms with Crippen LogP contribution >= 0.6 is 15.9 Å². The fourth-order valence-corrected chi connectivity index (χ4v) is 4.52. The lowest BCUT2D eigenvalue weighted by Gasteiger charge is -2.24. The first-order valence-corrected chi connectivity index (χ1v) is 12.1.